The van der Waals surface area contributed by atoms with Gasteiger partial charge in [0.1, 0.15) is 0 Å². The van der Waals surface area contributed by atoms with E-state index in [1.807, 2.05) is 0 Å². The molecular formula is C17H28N2. The first-order valence-corrected chi connectivity index (χ1v) is 8.09. The van der Waals surface area contributed by atoms with Crippen LogP contribution in [0, 0.1) is 18.8 Å². The fourth-order valence-electron chi connectivity index (χ4n) is 4.02. The largest absolute Gasteiger partial charge is 0.348 e. The summed E-state index contributed by atoms with van der Waals surface area (Å²) in [5.41, 5.74) is 10.7. The number of nitrogens with two attached hydrogens (primary N) is 1. The summed E-state index contributed by atoms with van der Waals surface area (Å²) in [6, 6.07) is 2.64. The van der Waals surface area contributed by atoms with Crippen LogP contribution < -0.4 is 5.73 Å². The first kappa shape index (κ1) is 13.2. The molecule has 0 saturated heterocycles. The molecule has 1 saturated carbocycles. The minimum atomic E-state index is 0.287. The Bertz CT molecular complexity index is 438. The number of aromatic nitrogens is 1. The molecule has 0 bridgehead atoms. The van der Waals surface area contributed by atoms with Gasteiger partial charge < -0.3 is 10.3 Å². The van der Waals surface area contributed by atoms with Crippen molar-refractivity contribution in [2.24, 2.45) is 17.6 Å². The molecule has 0 radical (unpaired) electrons. The molecule has 2 aliphatic carbocycles. The van der Waals surface area contributed by atoms with Gasteiger partial charge in [-0.15, -0.1) is 0 Å². The van der Waals surface area contributed by atoms with E-state index in [1.165, 1.54) is 56.3 Å². The lowest BCUT2D eigenvalue weighted by molar-refractivity contribution is 0.261. The normalized spacial score (nSPS) is 31.2. The zero-order valence-electron chi connectivity index (χ0n) is 12.5. The van der Waals surface area contributed by atoms with Crippen LogP contribution in [-0.2, 0) is 13.0 Å². The number of nitrogens with zero attached hydrogens (tertiary/aromatic N) is 1. The van der Waals surface area contributed by atoms with E-state index in [-0.39, 0.29) is 6.04 Å². The van der Waals surface area contributed by atoms with Gasteiger partial charge in [0.25, 0.3) is 0 Å². The highest BCUT2D eigenvalue weighted by Crippen LogP contribution is 2.34. The molecule has 2 heteroatoms. The Hall–Kier alpha value is -0.760. The van der Waals surface area contributed by atoms with E-state index in [9.17, 15) is 0 Å². The smallest absolute Gasteiger partial charge is 0.0313 e. The SMILES string of the molecule is Cc1cc2c(n1CC1CCC(C)CC1)CCCC2N. The molecule has 1 fully saturated rings. The summed E-state index contributed by atoms with van der Waals surface area (Å²) in [6.45, 7) is 5.90. The van der Waals surface area contributed by atoms with E-state index >= 15 is 0 Å². The monoisotopic (exact) mass is 260 g/mol. The van der Waals surface area contributed by atoms with E-state index < -0.39 is 0 Å². The maximum absolute atomic E-state index is 6.27. The molecule has 0 amide bonds. The van der Waals surface area contributed by atoms with Crippen molar-refractivity contribution >= 4 is 0 Å². The van der Waals surface area contributed by atoms with Gasteiger partial charge in [-0.25, -0.2) is 0 Å². The van der Waals surface area contributed by atoms with Crippen LogP contribution in [0.25, 0.3) is 0 Å². The third-order valence-corrected chi connectivity index (χ3v) is 5.35. The van der Waals surface area contributed by atoms with Gasteiger partial charge in [0.05, 0.1) is 0 Å². The van der Waals surface area contributed by atoms with Crippen molar-refractivity contribution in [1.82, 2.24) is 4.57 Å². The third kappa shape index (κ3) is 2.60. The van der Waals surface area contributed by atoms with E-state index in [0.29, 0.717) is 0 Å². The Kier molecular flexibility index (Phi) is 3.70. The Morgan fingerprint density at radius 2 is 1.95 bits per heavy atom. The molecule has 0 aliphatic heterocycles. The van der Waals surface area contributed by atoms with Crippen molar-refractivity contribution in [2.75, 3.05) is 0 Å². The zero-order chi connectivity index (χ0) is 13.4. The molecule has 0 aromatic carbocycles. The minimum absolute atomic E-state index is 0.287. The minimum Gasteiger partial charge on any atom is -0.348 e. The summed E-state index contributed by atoms with van der Waals surface area (Å²) in [5.74, 6) is 1.84. The standard InChI is InChI=1S/C17H28N2/c1-12-6-8-14(9-7-12)11-19-13(2)10-15-16(18)4-3-5-17(15)19/h10,12,14,16H,3-9,11,18H2,1-2H3. The molecule has 1 heterocycles. The molecule has 2 aliphatic rings. The lowest BCUT2D eigenvalue weighted by Crippen LogP contribution is -2.22. The van der Waals surface area contributed by atoms with Crippen LogP contribution in [-0.4, -0.2) is 4.57 Å². The highest BCUT2D eigenvalue weighted by Gasteiger charge is 2.24. The van der Waals surface area contributed by atoms with Gasteiger partial charge in [-0.2, -0.15) is 0 Å². The average Bonchev–Trinajstić information content (AvgIpc) is 2.71. The first-order chi connectivity index (χ1) is 9.15. The lowest BCUT2D eigenvalue weighted by Gasteiger charge is -2.28. The van der Waals surface area contributed by atoms with Crippen LogP contribution in [0.15, 0.2) is 6.07 Å². The highest BCUT2D eigenvalue weighted by molar-refractivity contribution is 5.32. The van der Waals surface area contributed by atoms with Crippen LogP contribution in [0.2, 0.25) is 0 Å². The predicted molar refractivity (Wildman–Crippen MR) is 80.2 cm³/mol. The summed E-state index contributed by atoms with van der Waals surface area (Å²) in [4.78, 5) is 0. The van der Waals surface area contributed by atoms with E-state index in [0.717, 1.165) is 18.3 Å². The Labute approximate surface area is 117 Å². The molecule has 1 atom stereocenters. The average molecular weight is 260 g/mol. The third-order valence-electron chi connectivity index (χ3n) is 5.35. The second-order valence-corrected chi connectivity index (χ2v) is 6.92. The summed E-state index contributed by atoms with van der Waals surface area (Å²) < 4.78 is 2.59. The predicted octanol–water partition coefficient (Wildman–Crippen LogP) is 3.96. The maximum atomic E-state index is 6.27. The number of hydrogen-bond donors (Lipinski definition) is 1. The van der Waals surface area contributed by atoms with Crippen LogP contribution in [0.4, 0.5) is 0 Å². The molecule has 1 aromatic heterocycles. The molecule has 3 rings (SSSR count). The summed E-state index contributed by atoms with van der Waals surface area (Å²) >= 11 is 0. The molecule has 19 heavy (non-hydrogen) atoms. The van der Waals surface area contributed by atoms with E-state index in [4.69, 9.17) is 5.73 Å². The Morgan fingerprint density at radius 1 is 1.21 bits per heavy atom. The highest BCUT2D eigenvalue weighted by atomic mass is 15.0. The first-order valence-electron chi connectivity index (χ1n) is 8.09. The fraction of sp³-hybridized carbons (Fsp3) is 0.765. The molecule has 2 nitrogen and oxygen atoms in total. The Morgan fingerprint density at radius 3 is 2.68 bits per heavy atom. The molecular weight excluding hydrogens is 232 g/mol. The van der Waals surface area contributed by atoms with Crippen molar-refractivity contribution in [3.63, 3.8) is 0 Å². The zero-order valence-corrected chi connectivity index (χ0v) is 12.5. The van der Waals surface area contributed by atoms with Crippen molar-refractivity contribution in [1.29, 1.82) is 0 Å². The van der Waals surface area contributed by atoms with Gasteiger partial charge in [0.2, 0.25) is 0 Å². The van der Waals surface area contributed by atoms with Crippen molar-refractivity contribution in [2.45, 2.75) is 71.4 Å². The van der Waals surface area contributed by atoms with Crippen LogP contribution in [0.3, 0.4) is 0 Å². The van der Waals surface area contributed by atoms with E-state index in [1.54, 1.807) is 5.69 Å². The number of aryl methyl sites for hydroxylation is 1. The number of rotatable bonds is 2. The van der Waals surface area contributed by atoms with Crippen LogP contribution in [0.1, 0.15) is 68.4 Å². The van der Waals surface area contributed by atoms with Gasteiger partial charge in [0, 0.05) is 24.0 Å². The van der Waals surface area contributed by atoms with Gasteiger partial charge in [-0.3, -0.25) is 0 Å². The molecule has 106 valence electrons. The van der Waals surface area contributed by atoms with Gasteiger partial charge in [0.15, 0.2) is 0 Å². The Balaban J connectivity index is 1.77. The van der Waals surface area contributed by atoms with Crippen molar-refractivity contribution < 1.29 is 0 Å². The fourth-order valence-corrected chi connectivity index (χ4v) is 4.02. The van der Waals surface area contributed by atoms with Gasteiger partial charge in [-0.05, 0) is 62.5 Å². The molecule has 1 aromatic rings. The van der Waals surface area contributed by atoms with E-state index in [2.05, 4.69) is 24.5 Å². The van der Waals surface area contributed by atoms with Crippen LogP contribution >= 0.6 is 0 Å². The van der Waals surface area contributed by atoms with Crippen molar-refractivity contribution in [3.05, 3.63) is 23.0 Å². The summed E-state index contributed by atoms with van der Waals surface area (Å²) in [5, 5.41) is 0. The molecule has 1 unspecified atom stereocenters. The quantitative estimate of drug-likeness (QED) is 0.857. The van der Waals surface area contributed by atoms with Crippen LogP contribution in [0.5, 0.6) is 0 Å². The van der Waals surface area contributed by atoms with Gasteiger partial charge in [-0.1, -0.05) is 19.8 Å². The topological polar surface area (TPSA) is 30.9 Å². The summed E-state index contributed by atoms with van der Waals surface area (Å²) in [6.07, 6.45) is 9.34. The molecule has 2 N–H and O–H groups in total. The maximum Gasteiger partial charge on any atom is 0.0313 e. The van der Waals surface area contributed by atoms with Gasteiger partial charge >= 0.3 is 0 Å². The number of hydrogen-bond acceptors (Lipinski definition) is 1. The summed E-state index contributed by atoms with van der Waals surface area (Å²) in [7, 11) is 0. The lowest BCUT2D eigenvalue weighted by atomic mass is 9.83. The molecule has 0 spiro atoms. The second kappa shape index (κ2) is 5.32. The number of fused-ring (bicyclic) bond motifs is 1. The van der Waals surface area contributed by atoms with Crippen molar-refractivity contribution in [3.8, 4) is 0 Å². The second-order valence-electron chi connectivity index (χ2n) is 6.92.